The molecule has 0 unspecified atom stereocenters. The highest BCUT2D eigenvalue weighted by Crippen LogP contribution is 2.30. The van der Waals surface area contributed by atoms with Crippen LogP contribution in [0, 0.1) is 0 Å². The van der Waals surface area contributed by atoms with Gasteiger partial charge in [-0.2, -0.15) is 4.98 Å². The monoisotopic (exact) mass is 458 g/mol. The van der Waals surface area contributed by atoms with Gasteiger partial charge in [0.25, 0.3) is 0 Å². The van der Waals surface area contributed by atoms with Crippen LogP contribution in [0.25, 0.3) is 0 Å². The molecule has 0 atom stereocenters. The SMILES string of the molecule is CC(C)S(=O)(=O)c1ccccc1Nc1ncnc(Nc2cc3c(cc2Cl)CNCC3)n1. The molecule has 0 spiro atoms. The van der Waals surface area contributed by atoms with Gasteiger partial charge >= 0.3 is 0 Å². The van der Waals surface area contributed by atoms with Gasteiger partial charge in [0.15, 0.2) is 9.84 Å². The van der Waals surface area contributed by atoms with E-state index in [1.807, 2.05) is 12.1 Å². The molecule has 3 aromatic rings. The van der Waals surface area contributed by atoms with E-state index in [9.17, 15) is 8.42 Å². The third-order valence-corrected chi connectivity index (χ3v) is 7.58. The Hall–Kier alpha value is -2.75. The molecule has 4 rings (SSSR count). The number of para-hydroxylation sites is 1. The lowest BCUT2D eigenvalue weighted by molar-refractivity contribution is 0.588. The van der Waals surface area contributed by atoms with Crippen molar-refractivity contribution < 1.29 is 8.42 Å². The minimum atomic E-state index is -3.47. The molecule has 0 saturated carbocycles. The number of sulfone groups is 1. The standard InChI is InChI=1S/C21H23ClN6O2S/c1-13(2)31(29,30)19-6-4-3-5-17(19)26-20-24-12-25-21(28-20)27-18-10-14-7-8-23-11-15(14)9-16(18)22/h3-6,9-10,12-13,23H,7-8,11H2,1-2H3,(H2,24,25,26,27,28). The highest BCUT2D eigenvalue weighted by molar-refractivity contribution is 7.92. The van der Waals surface area contributed by atoms with E-state index in [1.165, 1.54) is 17.5 Å². The van der Waals surface area contributed by atoms with Crippen LogP contribution in [-0.2, 0) is 22.8 Å². The summed E-state index contributed by atoms with van der Waals surface area (Å²) in [5.74, 6) is 0.527. The van der Waals surface area contributed by atoms with Gasteiger partial charge in [-0.25, -0.2) is 18.4 Å². The van der Waals surface area contributed by atoms with Crippen LogP contribution in [0.1, 0.15) is 25.0 Å². The molecule has 3 N–H and O–H groups in total. The molecule has 162 valence electrons. The fourth-order valence-electron chi connectivity index (χ4n) is 3.33. The van der Waals surface area contributed by atoms with E-state index in [0.717, 1.165) is 19.5 Å². The van der Waals surface area contributed by atoms with Crippen LogP contribution in [0.3, 0.4) is 0 Å². The molecule has 0 saturated heterocycles. The minimum absolute atomic E-state index is 0.200. The van der Waals surface area contributed by atoms with Crippen molar-refractivity contribution in [2.75, 3.05) is 17.2 Å². The van der Waals surface area contributed by atoms with Crippen LogP contribution >= 0.6 is 11.6 Å². The molecule has 0 bridgehead atoms. The van der Waals surface area contributed by atoms with E-state index in [1.54, 1.807) is 38.1 Å². The van der Waals surface area contributed by atoms with Gasteiger partial charge in [-0.1, -0.05) is 23.7 Å². The van der Waals surface area contributed by atoms with Gasteiger partial charge in [0.05, 0.1) is 26.5 Å². The van der Waals surface area contributed by atoms with Crippen molar-refractivity contribution in [1.82, 2.24) is 20.3 Å². The van der Waals surface area contributed by atoms with Crippen molar-refractivity contribution in [1.29, 1.82) is 0 Å². The quantitative estimate of drug-likeness (QED) is 0.511. The molecule has 2 aromatic carbocycles. The number of benzene rings is 2. The van der Waals surface area contributed by atoms with Gasteiger partial charge in [-0.05, 0) is 62.2 Å². The van der Waals surface area contributed by atoms with Crippen LogP contribution in [0.2, 0.25) is 5.02 Å². The van der Waals surface area contributed by atoms with Gasteiger partial charge in [0, 0.05) is 6.54 Å². The Kier molecular flexibility index (Phi) is 6.08. The van der Waals surface area contributed by atoms with Crippen LogP contribution in [0.4, 0.5) is 23.3 Å². The number of nitrogens with zero attached hydrogens (tertiary/aromatic N) is 3. The second-order valence-corrected chi connectivity index (χ2v) is 10.4. The summed E-state index contributed by atoms with van der Waals surface area (Å²) in [4.78, 5) is 12.9. The summed E-state index contributed by atoms with van der Waals surface area (Å²) in [6, 6.07) is 10.6. The van der Waals surface area contributed by atoms with E-state index in [0.29, 0.717) is 22.3 Å². The van der Waals surface area contributed by atoms with Gasteiger partial charge in [0.1, 0.15) is 6.33 Å². The summed E-state index contributed by atoms with van der Waals surface area (Å²) in [6.45, 7) is 5.02. The molecule has 10 heteroatoms. The number of nitrogens with one attached hydrogen (secondary N) is 3. The number of hydrogen-bond acceptors (Lipinski definition) is 8. The third-order valence-electron chi connectivity index (χ3n) is 5.05. The molecule has 0 radical (unpaired) electrons. The molecular formula is C21H23ClN6O2S. The number of halogens is 1. The molecule has 8 nitrogen and oxygen atoms in total. The van der Waals surface area contributed by atoms with Crippen LogP contribution in [-0.4, -0.2) is 35.2 Å². The average Bonchev–Trinajstić information content (AvgIpc) is 2.75. The molecular weight excluding hydrogens is 436 g/mol. The fourth-order valence-corrected chi connectivity index (χ4v) is 4.76. The van der Waals surface area contributed by atoms with E-state index in [2.05, 4.69) is 30.9 Å². The van der Waals surface area contributed by atoms with E-state index in [4.69, 9.17) is 11.6 Å². The Balaban J connectivity index is 1.60. The molecule has 1 aliphatic rings. The van der Waals surface area contributed by atoms with Gasteiger partial charge in [-0.15, -0.1) is 0 Å². The summed E-state index contributed by atoms with van der Waals surface area (Å²) in [5.41, 5.74) is 3.53. The Labute approximate surface area is 186 Å². The highest BCUT2D eigenvalue weighted by Gasteiger charge is 2.23. The summed E-state index contributed by atoms with van der Waals surface area (Å²) >= 11 is 6.44. The highest BCUT2D eigenvalue weighted by atomic mass is 35.5. The maximum Gasteiger partial charge on any atom is 0.232 e. The smallest absolute Gasteiger partial charge is 0.232 e. The van der Waals surface area contributed by atoms with Crippen molar-refractivity contribution in [2.45, 2.75) is 37.0 Å². The first-order valence-corrected chi connectivity index (χ1v) is 11.8. The first-order valence-electron chi connectivity index (χ1n) is 9.92. The van der Waals surface area contributed by atoms with Crippen molar-refractivity contribution in [3.8, 4) is 0 Å². The second-order valence-electron chi connectivity index (χ2n) is 7.50. The lowest BCUT2D eigenvalue weighted by atomic mass is 10.0. The van der Waals surface area contributed by atoms with Crippen molar-refractivity contribution >= 4 is 44.7 Å². The van der Waals surface area contributed by atoms with Crippen LogP contribution in [0.5, 0.6) is 0 Å². The first-order chi connectivity index (χ1) is 14.8. The van der Waals surface area contributed by atoms with Gasteiger partial charge in [0.2, 0.25) is 11.9 Å². The average molecular weight is 459 g/mol. The topological polar surface area (TPSA) is 109 Å². The zero-order valence-corrected chi connectivity index (χ0v) is 18.8. The molecule has 1 aromatic heterocycles. The summed E-state index contributed by atoms with van der Waals surface area (Å²) in [6.07, 6.45) is 2.28. The lowest BCUT2D eigenvalue weighted by Crippen LogP contribution is -2.23. The van der Waals surface area contributed by atoms with Gasteiger partial charge < -0.3 is 16.0 Å². The molecule has 1 aliphatic heterocycles. The second kappa shape index (κ2) is 8.78. The number of anilines is 4. The molecule has 0 amide bonds. The largest absolute Gasteiger partial charge is 0.323 e. The minimum Gasteiger partial charge on any atom is -0.323 e. The van der Waals surface area contributed by atoms with E-state index < -0.39 is 15.1 Å². The first kappa shape index (κ1) is 21.5. The maximum atomic E-state index is 12.7. The van der Waals surface area contributed by atoms with Crippen molar-refractivity contribution in [2.24, 2.45) is 0 Å². The fraction of sp³-hybridized carbons (Fsp3) is 0.286. The van der Waals surface area contributed by atoms with Crippen molar-refractivity contribution in [3.05, 3.63) is 58.9 Å². The Morgan fingerprint density at radius 2 is 1.74 bits per heavy atom. The zero-order chi connectivity index (χ0) is 22.0. The van der Waals surface area contributed by atoms with E-state index in [-0.39, 0.29) is 10.8 Å². The lowest BCUT2D eigenvalue weighted by Gasteiger charge is -2.19. The normalized spacial score (nSPS) is 13.7. The Bertz CT molecular complexity index is 1220. The van der Waals surface area contributed by atoms with Crippen molar-refractivity contribution in [3.63, 3.8) is 0 Å². The predicted molar refractivity (Wildman–Crippen MR) is 122 cm³/mol. The molecule has 31 heavy (non-hydrogen) atoms. The van der Waals surface area contributed by atoms with Crippen LogP contribution in [0.15, 0.2) is 47.6 Å². The number of rotatable bonds is 6. The van der Waals surface area contributed by atoms with Crippen LogP contribution < -0.4 is 16.0 Å². The maximum absolute atomic E-state index is 12.7. The summed E-state index contributed by atoms with van der Waals surface area (Å²) in [7, 11) is -3.47. The molecule has 2 heterocycles. The molecule has 0 fully saturated rings. The zero-order valence-electron chi connectivity index (χ0n) is 17.2. The van der Waals surface area contributed by atoms with Gasteiger partial charge in [-0.3, -0.25) is 0 Å². The molecule has 0 aliphatic carbocycles. The number of aromatic nitrogens is 3. The third kappa shape index (κ3) is 4.63. The number of hydrogen-bond donors (Lipinski definition) is 3. The Morgan fingerprint density at radius 3 is 2.48 bits per heavy atom. The Morgan fingerprint density at radius 1 is 1.03 bits per heavy atom. The summed E-state index contributed by atoms with van der Waals surface area (Å²) < 4.78 is 25.4. The number of fused-ring (bicyclic) bond motifs is 1. The van der Waals surface area contributed by atoms with E-state index >= 15 is 0 Å². The summed E-state index contributed by atoms with van der Waals surface area (Å²) in [5, 5.41) is 9.49. The predicted octanol–water partition coefficient (Wildman–Crippen LogP) is 3.84.